The van der Waals surface area contributed by atoms with Gasteiger partial charge in [0.1, 0.15) is 12.4 Å². The van der Waals surface area contributed by atoms with Gasteiger partial charge in [-0.25, -0.2) is 0 Å². The number of ether oxygens (including phenoxy) is 1. The predicted octanol–water partition coefficient (Wildman–Crippen LogP) is 0.483. The lowest BCUT2D eigenvalue weighted by Gasteiger charge is -2.20. The molecule has 0 amide bonds. The van der Waals surface area contributed by atoms with Gasteiger partial charge in [0, 0.05) is 13.1 Å². The molecule has 0 aliphatic carbocycles. The molecule has 0 bridgehead atoms. The monoisotopic (exact) mass is 194 g/mol. The van der Waals surface area contributed by atoms with Crippen molar-refractivity contribution in [3.63, 3.8) is 0 Å². The highest BCUT2D eigenvalue weighted by molar-refractivity contribution is 5.59. The largest absolute Gasteiger partial charge is 0.490 e. The second-order valence-electron chi connectivity index (χ2n) is 3.28. The summed E-state index contributed by atoms with van der Waals surface area (Å²) in [6.07, 6.45) is -0.606. The number of aliphatic hydroxyl groups is 1. The van der Waals surface area contributed by atoms with E-state index in [2.05, 4.69) is 5.32 Å². The third-order valence-corrected chi connectivity index (χ3v) is 2.29. The Kier molecular flexibility index (Phi) is 2.56. The van der Waals surface area contributed by atoms with E-state index in [-0.39, 0.29) is 6.54 Å². The molecule has 1 heterocycles. The second-order valence-corrected chi connectivity index (χ2v) is 3.28. The first-order chi connectivity index (χ1) is 6.81. The maximum absolute atomic E-state index is 9.53. The van der Waals surface area contributed by atoms with Crippen LogP contribution in [0.2, 0.25) is 0 Å². The Morgan fingerprint density at radius 1 is 1.57 bits per heavy atom. The molecule has 0 saturated carbocycles. The molecule has 4 nitrogen and oxygen atoms in total. The van der Waals surface area contributed by atoms with Gasteiger partial charge in [0.05, 0.1) is 11.8 Å². The van der Waals surface area contributed by atoms with E-state index in [9.17, 15) is 5.11 Å². The third-order valence-electron chi connectivity index (χ3n) is 2.29. The second kappa shape index (κ2) is 3.86. The number of nitrogens with two attached hydrogens (primary N) is 1. The summed E-state index contributed by atoms with van der Waals surface area (Å²) in [5, 5.41) is 12.7. The first kappa shape index (κ1) is 9.30. The fourth-order valence-corrected chi connectivity index (χ4v) is 1.49. The van der Waals surface area contributed by atoms with Gasteiger partial charge >= 0.3 is 0 Å². The summed E-state index contributed by atoms with van der Waals surface area (Å²) >= 11 is 0. The Morgan fingerprint density at radius 3 is 3.21 bits per heavy atom. The molecule has 0 aromatic heterocycles. The van der Waals surface area contributed by atoms with Gasteiger partial charge in [-0.1, -0.05) is 6.07 Å². The molecule has 1 aliphatic rings. The van der Waals surface area contributed by atoms with E-state index in [1.54, 1.807) is 0 Å². The van der Waals surface area contributed by atoms with Crippen molar-refractivity contribution in [2.45, 2.75) is 6.10 Å². The van der Waals surface area contributed by atoms with Gasteiger partial charge < -0.3 is 20.9 Å². The van der Waals surface area contributed by atoms with E-state index in [0.29, 0.717) is 6.61 Å². The van der Waals surface area contributed by atoms with Gasteiger partial charge in [0.25, 0.3) is 0 Å². The number of rotatable bonds is 2. The summed E-state index contributed by atoms with van der Waals surface area (Å²) in [6, 6.07) is 5.60. The summed E-state index contributed by atoms with van der Waals surface area (Å²) in [5.41, 5.74) is 7.15. The zero-order valence-electron chi connectivity index (χ0n) is 7.86. The van der Waals surface area contributed by atoms with Crippen LogP contribution in [0.3, 0.4) is 0 Å². The molecule has 1 aliphatic heterocycles. The first-order valence-corrected chi connectivity index (χ1v) is 4.70. The van der Waals surface area contributed by atoms with Gasteiger partial charge in [0.15, 0.2) is 0 Å². The highest BCUT2D eigenvalue weighted by atomic mass is 16.5. The van der Waals surface area contributed by atoms with Crippen molar-refractivity contribution in [1.29, 1.82) is 0 Å². The Labute approximate surface area is 82.7 Å². The minimum atomic E-state index is -0.606. The number of hydrogen-bond acceptors (Lipinski definition) is 4. The number of aliphatic hydroxyl groups excluding tert-OH is 1. The summed E-state index contributed by atoms with van der Waals surface area (Å²) in [4.78, 5) is 0. The fraction of sp³-hybridized carbons (Fsp3) is 0.400. The predicted molar refractivity (Wildman–Crippen MR) is 54.4 cm³/mol. The molecule has 1 aromatic rings. The molecule has 2 rings (SSSR count). The smallest absolute Gasteiger partial charge is 0.142 e. The molecule has 14 heavy (non-hydrogen) atoms. The minimum absolute atomic E-state index is 0.228. The van der Waals surface area contributed by atoms with Crippen LogP contribution in [-0.2, 0) is 0 Å². The van der Waals surface area contributed by atoms with Crippen LogP contribution in [0.5, 0.6) is 5.75 Å². The lowest BCUT2D eigenvalue weighted by Crippen LogP contribution is -2.19. The molecule has 0 fully saturated rings. The molecular weight excluding hydrogens is 180 g/mol. The molecule has 0 saturated heterocycles. The Morgan fingerprint density at radius 2 is 2.43 bits per heavy atom. The molecule has 1 unspecified atom stereocenters. The van der Waals surface area contributed by atoms with Crippen molar-refractivity contribution in [2.24, 2.45) is 5.73 Å². The lowest BCUT2D eigenvalue weighted by atomic mass is 10.1. The minimum Gasteiger partial charge on any atom is -0.490 e. The number of fused-ring (bicyclic) bond motifs is 1. The lowest BCUT2D eigenvalue weighted by molar-refractivity contribution is 0.186. The van der Waals surface area contributed by atoms with Crippen molar-refractivity contribution < 1.29 is 9.84 Å². The zero-order valence-corrected chi connectivity index (χ0v) is 7.86. The molecule has 4 heteroatoms. The Hall–Kier alpha value is -1.26. The van der Waals surface area contributed by atoms with Crippen molar-refractivity contribution in [2.75, 3.05) is 25.0 Å². The van der Waals surface area contributed by atoms with Crippen LogP contribution in [0.1, 0.15) is 11.7 Å². The molecule has 1 aromatic carbocycles. The summed E-state index contributed by atoms with van der Waals surface area (Å²) in [7, 11) is 0. The highest BCUT2D eigenvalue weighted by Gasteiger charge is 2.12. The number of nitrogens with one attached hydrogen (secondary N) is 1. The number of benzene rings is 1. The normalized spacial score (nSPS) is 16.4. The van der Waals surface area contributed by atoms with Gasteiger partial charge in [0.2, 0.25) is 0 Å². The zero-order chi connectivity index (χ0) is 9.97. The maximum Gasteiger partial charge on any atom is 0.142 e. The summed E-state index contributed by atoms with van der Waals surface area (Å²) in [5.74, 6) is 0.793. The first-order valence-electron chi connectivity index (χ1n) is 4.70. The topological polar surface area (TPSA) is 67.5 Å². The van der Waals surface area contributed by atoms with E-state index in [0.717, 1.165) is 23.5 Å². The van der Waals surface area contributed by atoms with Gasteiger partial charge in [-0.15, -0.1) is 0 Å². The van der Waals surface area contributed by atoms with Gasteiger partial charge in [-0.2, -0.15) is 0 Å². The average Bonchev–Trinajstić information content (AvgIpc) is 2.27. The van der Waals surface area contributed by atoms with Crippen molar-refractivity contribution in [1.82, 2.24) is 0 Å². The van der Waals surface area contributed by atoms with Crippen LogP contribution >= 0.6 is 0 Å². The molecule has 0 spiro atoms. The number of anilines is 1. The molecule has 0 radical (unpaired) electrons. The molecule has 1 atom stereocenters. The van der Waals surface area contributed by atoms with Gasteiger partial charge in [-0.05, 0) is 17.7 Å². The van der Waals surface area contributed by atoms with Crippen molar-refractivity contribution in [3.8, 4) is 5.75 Å². The Bertz CT molecular complexity index is 328. The molecular formula is C10H14N2O2. The van der Waals surface area contributed by atoms with Crippen molar-refractivity contribution in [3.05, 3.63) is 23.8 Å². The highest BCUT2D eigenvalue weighted by Crippen LogP contribution is 2.29. The maximum atomic E-state index is 9.53. The molecule has 4 N–H and O–H groups in total. The van der Waals surface area contributed by atoms with Crippen LogP contribution in [0.25, 0.3) is 0 Å². The van der Waals surface area contributed by atoms with Crippen LogP contribution in [-0.4, -0.2) is 24.8 Å². The number of hydrogen-bond donors (Lipinski definition) is 3. The van der Waals surface area contributed by atoms with E-state index in [1.807, 2.05) is 18.2 Å². The average molecular weight is 194 g/mol. The van der Waals surface area contributed by atoms with Gasteiger partial charge in [-0.3, -0.25) is 0 Å². The standard InChI is InChI=1S/C10H14N2O2/c11-6-9(13)7-1-2-8-10(5-7)14-4-3-12-8/h1-2,5,9,12-13H,3-4,6,11H2. The van der Waals surface area contributed by atoms with E-state index in [4.69, 9.17) is 10.5 Å². The summed E-state index contributed by atoms with van der Waals surface area (Å²) in [6.45, 7) is 1.72. The van der Waals surface area contributed by atoms with Crippen LogP contribution in [0, 0.1) is 0 Å². The van der Waals surface area contributed by atoms with Crippen LogP contribution in [0.4, 0.5) is 5.69 Å². The quantitative estimate of drug-likeness (QED) is 0.640. The van der Waals surface area contributed by atoms with Crippen molar-refractivity contribution >= 4 is 5.69 Å². The van der Waals surface area contributed by atoms with E-state index < -0.39 is 6.10 Å². The third kappa shape index (κ3) is 1.66. The van der Waals surface area contributed by atoms with E-state index in [1.165, 1.54) is 0 Å². The Balaban J connectivity index is 2.29. The van der Waals surface area contributed by atoms with Crippen LogP contribution in [0.15, 0.2) is 18.2 Å². The van der Waals surface area contributed by atoms with E-state index >= 15 is 0 Å². The fourth-order valence-electron chi connectivity index (χ4n) is 1.49. The molecule has 76 valence electrons. The van der Waals surface area contributed by atoms with Crippen LogP contribution < -0.4 is 15.8 Å². The summed E-state index contributed by atoms with van der Waals surface area (Å²) < 4.78 is 5.44. The SMILES string of the molecule is NCC(O)c1ccc2c(c1)OCCN2.